The molecule has 0 bridgehead atoms. The molecule has 0 radical (unpaired) electrons. The van der Waals surface area contributed by atoms with Gasteiger partial charge in [0.1, 0.15) is 0 Å². The van der Waals surface area contributed by atoms with Crippen molar-refractivity contribution in [2.45, 2.75) is 31.6 Å². The summed E-state index contributed by atoms with van der Waals surface area (Å²) in [6.45, 7) is 0.782. The van der Waals surface area contributed by atoms with Gasteiger partial charge in [0.15, 0.2) is 0 Å². The normalized spacial score (nSPS) is 23.4. The van der Waals surface area contributed by atoms with Gasteiger partial charge in [-0.1, -0.05) is 31.0 Å². The summed E-state index contributed by atoms with van der Waals surface area (Å²) in [5.74, 6) is 1.16. The molecule has 1 aliphatic rings. The average Bonchev–Trinajstić information content (AvgIpc) is 2.97. The van der Waals surface area contributed by atoms with Crippen molar-refractivity contribution in [2.24, 2.45) is 11.7 Å². The van der Waals surface area contributed by atoms with Crippen molar-refractivity contribution in [2.75, 3.05) is 6.54 Å². The first-order chi connectivity index (χ1) is 9.40. The second-order valence-corrected chi connectivity index (χ2v) is 5.39. The molecule has 3 heteroatoms. The predicted molar refractivity (Wildman–Crippen MR) is 77.3 cm³/mol. The third-order valence-electron chi connectivity index (χ3n) is 4.26. The Morgan fingerprint density at radius 1 is 1.11 bits per heavy atom. The molecule has 1 aliphatic carbocycles. The van der Waals surface area contributed by atoms with Crippen LogP contribution in [0.15, 0.2) is 42.6 Å². The lowest BCUT2D eigenvalue weighted by Crippen LogP contribution is -2.26. The zero-order valence-corrected chi connectivity index (χ0v) is 11.2. The summed E-state index contributed by atoms with van der Waals surface area (Å²) in [5, 5.41) is 4.51. The third-order valence-corrected chi connectivity index (χ3v) is 4.26. The molecule has 2 atom stereocenters. The molecule has 0 aliphatic heterocycles. The Kier molecular flexibility index (Phi) is 3.65. The van der Waals surface area contributed by atoms with Gasteiger partial charge >= 0.3 is 0 Å². The molecule has 0 saturated heterocycles. The number of hydrogen-bond acceptors (Lipinski definition) is 2. The molecule has 1 heterocycles. The topological polar surface area (TPSA) is 43.8 Å². The summed E-state index contributed by atoms with van der Waals surface area (Å²) >= 11 is 0. The Balaban J connectivity index is 1.95. The van der Waals surface area contributed by atoms with E-state index in [0.29, 0.717) is 11.8 Å². The average molecular weight is 255 g/mol. The molecule has 2 N–H and O–H groups in total. The fraction of sp³-hybridized carbons (Fsp3) is 0.438. The molecule has 1 saturated carbocycles. The standard InChI is InChI=1S/C16H21N3/c17-12-13-6-4-5-9-15(13)16-10-11-18-19(16)14-7-2-1-3-8-14/h1-3,7-8,10-11,13,15H,4-6,9,12,17H2. The van der Waals surface area contributed by atoms with Crippen LogP contribution in [0, 0.1) is 5.92 Å². The maximum atomic E-state index is 5.96. The number of para-hydroxylation sites is 1. The predicted octanol–water partition coefficient (Wildman–Crippen LogP) is 3.10. The fourth-order valence-electron chi connectivity index (χ4n) is 3.26. The number of hydrogen-bond donors (Lipinski definition) is 1. The summed E-state index contributed by atoms with van der Waals surface area (Å²) in [4.78, 5) is 0. The largest absolute Gasteiger partial charge is 0.330 e. The molecule has 1 fully saturated rings. The highest BCUT2D eigenvalue weighted by Gasteiger charge is 2.28. The first kappa shape index (κ1) is 12.4. The first-order valence-electron chi connectivity index (χ1n) is 7.19. The molecule has 100 valence electrons. The molecule has 1 aromatic heterocycles. The zero-order valence-electron chi connectivity index (χ0n) is 11.2. The second kappa shape index (κ2) is 5.57. The highest BCUT2D eigenvalue weighted by Crippen LogP contribution is 2.37. The van der Waals surface area contributed by atoms with Crippen molar-refractivity contribution in [3.8, 4) is 5.69 Å². The molecule has 3 nitrogen and oxygen atoms in total. The van der Waals surface area contributed by atoms with Crippen LogP contribution in [0.1, 0.15) is 37.3 Å². The van der Waals surface area contributed by atoms with Gasteiger partial charge < -0.3 is 5.73 Å². The van der Waals surface area contributed by atoms with E-state index in [-0.39, 0.29) is 0 Å². The van der Waals surface area contributed by atoms with Crippen LogP contribution in [0.4, 0.5) is 0 Å². The quantitative estimate of drug-likeness (QED) is 0.915. The van der Waals surface area contributed by atoms with Crippen molar-refractivity contribution in [3.63, 3.8) is 0 Å². The molecular formula is C16H21N3. The Bertz CT molecular complexity index is 518. The summed E-state index contributed by atoms with van der Waals surface area (Å²) in [6.07, 6.45) is 7.02. The number of rotatable bonds is 3. The van der Waals surface area contributed by atoms with Gasteiger partial charge in [-0.05, 0) is 43.5 Å². The first-order valence-corrected chi connectivity index (χ1v) is 7.19. The van der Waals surface area contributed by atoms with Crippen LogP contribution in [0.25, 0.3) is 5.69 Å². The van der Waals surface area contributed by atoms with Gasteiger partial charge in [-0.15, -0.1) is 0 Å². The Hall–Kier alpha value is -1.61. The number of nitrogens with zero attached hydrogens (tertiary/aromatic N) is 2. The summed E-state index contributed by atoms with van der Waals surface area (Å²) in [5.41, 5.74) is 8.42. The van der Waals surface area contributed by atoms with Crippen molar-refractivity contribution >= 4 is 0 Å². The Labute approximate surface area is 114 Å². The van der Waals surface area contributed by atoms with E-state index >= 15 is 0 Å². The van der Waals surface area contributed by atoms with Crippen LogP contribution in [-0.2, 0) is 0 Å². The van der Waals surface area contributed by atoms with E-state index in [1.54, 1.807) is 0 Å². The van der Waals surface area contributed by atoms with Crippen molar-refractivity contribution in [1.82, 2.24) is 9.78 Å². The van der Waals surface area contributed by atoms with Gasteiger partial charge in [-0.3, -0.25) is 0 Å². The van der Waals surface area contributed by atoms with Crippen LogP contribution in [0.5, 0.6) is 0 Å². The number of nitrogens with two attached hydrogens (primary N) is 1. The van der Waals surface area contributed by atoms with Gasteiger partial charge in [0.25, 0.3) is 0 Å². The fourth-order valence-corrected chi connectivity index (χ4v) is 3.26. The van der Waals surface area contributed by atoms with Gasteiger partial charge in [0.2, 0.25) is 0 Å². The van der Waals surface area contributed by atoms with E-state index in [1.165, 1.54) is 31.4 Å². The second-order valence-electron chi connectivity index (χ2n) is 5.39. The Morgan fingerprint density at radius 3 is 2.68 bits per heavy atom. The molecule has 1 aromatic carbocycles. The van der Waals surface area contributed by atoms with Crippen LogP contribution in [-0.4, -0.2) is 16.3 Å². The van der Waals surface area contributed by atoms with Gasteiger partial charge in [-0.25, -0.2) is 4.68 Å². The van der Waals surface area contributed by atoms with E-state index in [4.69, 9.17) is 5.73 Å². The summed E-state index contributed by atoms with van der Waals surface area (Å²) in [6, 6.07) is 12.5. The minimum absolute atomic E-state index is 0.557. The minimum atomic E-state index is 0.557. The van der Waals surface area contributed by atoms with Gasteiger partial charge in [0, 0.05) is 17.8 Å². The van der Waals surface area contributed by atoms with E-state index in [9.17, 15) is 0 Å². The van der Waals surface area contributed by atoms with Crippen molar-refractivity contribution in [1.29, 1.82) is 0 Å². The van der Waals surface area contributed by atoms with E-state index in [2.05, 4.69) is 40.1 Å². The smallest absolute Gasteiger partial charge is 0.0648 e. The summed E-state index contributed by atoms with van der Waals surface area (Å²) in [7, 11) is 0. The van der Waals surface area contributed by atoms with Gasteiger partial charge in [0.05, 0.1) is 5.69 Å². The molecule has 3 rings (SSSR count). The number of benzene rings is 1. The molecule has 0 spiro atoms. The molecule has 2 unspecified atom stereocenters. The SMILES string of the molecule is NCC1CCCCC1c1ccnn1-c1ccccc1. The van der Waals surface area contributed by atoms with Crippen molar-refractivity contribution in [3.05, 3.63) is 48.3 Å². The van der Waals surface area contributed by atoms with Crippen LogP contribution < -0.4 is 5.73 Å². The lowest BCUT2D eigenvalue weighted by atomic mass is 9.77. The highest BCUT2D eigenvalue weighted by molar-refractivity contribution is 5.33. The maximum Gasteiger partial charge on any atom is 0.0648 e. The highest BCUT2D eigenvalue weighted by atomic mass is 15.3. The van der Waals surface area contributed by atoms with Crippen molar-refractivity contribution < 1.29 is 0 Å². The molecule has 2 aromatic rings. The maximum absolute atomic E-state index is 5.96. The molecule has 19 heavy (non-hydrogen) atoms. The van der Waals surface area contributed by atoms with E-state index < -0.39 is 0 Å². The number of aromatic nitrogens is 2. The lowest BCUT2D eigenvalue weighted by molar-refractivity contribution is 0.306. The van der Waals surface area contributed by atoms with E-state index in [1.807, 2.05) is 12.3 Å². The summed E-state index contributed by atoms with van der Waals surface area (Å²) < 4.78 is 2.08. The van der Waals surface area contributed by atoms with E-state index in [0.717, 1.165) is 12.2 Å². The van der Waals surface area contributed by atoms with Crippen LogP contribution in [0.2, 0.25) is 0 Å². The van der Waals surface area contributed by atoms with Crippen LogP contribution in [0.3, 0.4) is 0 Å². The molecular weight excluding hydrogens is 234 g/mol. The minimum Gasteiger partial charge on any atom is -0.330 e. The van der Waals surface area contributed by atoms with Crippen LogP contribution >= 0.6 is 0 Å². The lowest BCUT2D eigenvalue weighted by Gasteiger charge is -2.31. The van der Waals surface area contributed by atoms with Gasteiger partial charge in [-0.2, -0.15) is 5.10 Å². The third kappa shape index (κ3) is 2.43. The zero-order chi connectivity index (χ0) is 13.1. The molecule has 0 amide bonds. The Morgan fingerprint density at radius 2 is 1.89 bits per heavy atom. The monoisotopic (exact) mass is 255 g/mol.